The van der Waals surface area contributed by atoms with Gasteiger partial charge in [0, 0.05) is 6.04 Å². The summed E-state index contributed by atoms with van der Waals surface area (Å²) < 4.78 is 5.80. The van der Waals surface area contributed by atoms with Crippen molar-refractivity contribution < 1.29 is 9.84 Å². The molecule has 94 valence electrons. The second-order valence-electron chi connectivity index (χ2n) is 4.84. The van der Waals surface area contributed by atoms with Crippen molar-refractivity contribution in [1.82, 2.24) is 0 Å². The quantitative estimate of drug-likeness (QED) is 0.836. The first-order chi connectivity index (χ1) is 8.18. The number of ether oxygens (including phenoxy) is 1. The van der Waals surface area contributed by atoms with Gasteiger partial charge in [0.1, 0.15) is 0 Å². The van der Waals surface area contributed by atoms with Crippen molar-refractivity contribution in [2.45, 2.75) is 44.4 Å². The lowest BCUT2D eigenvalue weighted by molar-refractivity contribution is -0.0235. The molecule has 0 heterocycles. The molecule has 17 heavy (non-hydrogen) atoms. The van der Waals surface area contributed by atoms with Gasteiger partial charge < -0.3 is 15.6 Å². The van der Waals surface area contributed by atoms with Gasteiger partial charge in [0.25, 0.3) is 0 Å². The molecule has 0 radical (unpaired) electrons. The second kappa shape index (κ2) is 5.63. The summed E-state index contributed by atoms with van der Waals surface area (Å²) in [6.45, 7) is 2.11. The molecule has 0 bridgehead atoms. The molecule has 1 aliphatic carbocycles. The molecule has 1 aromatic rings. The molecule has 3 heteroatoms. The molecular weight excluding hydrogens is 214 g/mol. The van der Waals surface area contributed by atoms with Crippen molar-refractivity contribution in [3.05, 3.63) is 35.4 Å². The molecule has 0 aromatic heterocycles. The van der Waals surface area contributed by atoms with E-state index in [0.717, 1.165) is 19.3 Å². The van der Waals surface area contributed by atoms with Crippen LogP contribution < -0.4 is 5.73 Å². The Kier molecular flexibility index (Phi) is 4.15. The maximum Gasteiger partial charge on any atom is 0.0921 e. The van der Waals surface area contributed by atoms with Crippen LogP contribution in [-0.2, 0) is 11.2 Å². The van der Waals surface area contributed by atoms with Gasteiger partial charge >= 0.3 is 0 Å². The molecule has 1 aromatic carbocycles. The Balaban J connectivity index is 1.99. The topological polar surface area (TPSA) is 55.5 Å². The van der Waals surface area contributed by atoms with Crippen LogP contribution in [0.4, 0.5) is 0 Å². The van der Waals surface area contributed by atoms with Crippen LogP contribution in [0.5, 0.6) is 0 Å². The molecule has 0 fully saturated rings. The molecule has 0 spiro atoms. The van der Waals surface area contributed by atoms with Crippen molar-refractivity contribution in [2.75, 3.05) is 6.61 Å². The van der Waals surface area contributed by atoms with Crippen LogP contribution in [0.15, 0.2) is 24.3 Å². The molecule has 3 N–H and O–H groups in total. The summed E-state index contributed by atoms with van der Waals surface area (Å²) in [5.74, 6) is 0. The number of rotatable bonds is 4. The highest BCUT2D eigenvalue weighted by molar-refractivity contribution is 5.31. The molecule has 2 rings (SSSR count). The van der Waals surface area contributed by atoms with Crippen LogP contribution in [0.3, 0.4) is 0 Å². The van der Waals surface area contributed by atoms with E-state index >= 15 is 0 Å². The highest BCUT2D eigenvalue weighted by Crippen LogP contribution is 2.32. The van der Waals surface area contributed by atoms with Crippen LogP contribution in [0.25, 0.3) is 0 Å². The van der Waals surface area contributed by atoms with E-state index in [2.05, 4.69) is 18.2 Å². The minimum atomic E-state index is -0.580. The fraction of sp³-hybridized carbons (Fsp3) is 0.571. The summed E-state index contributed by atoms with van der Waals surface area (Å²) in [6, 6.07) is 8.15. The first-order valence-corrected chi connectivity index (χ1v) is 6.31. The summed E-state index contributed by atoms with van der Waals surface area (Å²) in [4.78, 5) is 0. The Hall–Kier alpha value is -0.900. The zero-order valence-electron chi connectivity index (χ0n) is 10.3. The first kappa shape index (κ1) is 12.6. The molecule has 1 aliphatic rings. The summed E-state index contributed by atoms with van der Waals surface area (Å²) in [7, 11) is 0. The summed E-state index contributed by atoms with van der Waals surface area (Å²) >= 11 is 0. The smallest absolute Gasteiger partial charge is 0.0921 e. The number of aryl methyl sites for hydroxylation is 1. The predicted molar refractivity (Wildman–Crippen MR) is 67.7 cm³/mol. The van der Waals surface area contributed by atoms with E-state index in [1.807, 2.05) is 6.07 Å². The van der Waals surface area contributed by atoms with E-state index in [-0.39, 0.29) is 12.1 Å². The van der Waals surface area contributed by atoms with Gasteiger partial charge in [-0.15, -0.1) is 0 Å². The molecule has 3 atom stereocenters. The van der Waals surface area contributed by atoms with E-state index in [9.17, 15) is 5.11 Å². The van der Waals surface area contributed by atoms with Crippen LogP contribution in [0, 0.1) is 0 Å². The number of aliphatic hydroxyl groups excluding tert-OH is 1. The average Bonchev–Trinajstić information content (AvgIpc) is 2.35. The molecule has 0 amide bonds. The van der Waals surface area contributed by atoms with Gasteiger partial charge in [0.2, 0.25) is 0 Å². The van der Waals surface area contributed by atoms with Crippen LogP contribution in [0.2, 0.25) is 0 Å². The number of aliphatic hydroxyl groups is 1. The van der Waals surface area contributed by atoms with Crippen molar-refractivity contribution in [3.8, 4) is 0 Å². The van der Waals surface area contributed by atoms with Gasteiger partial charge in [-0.2, -0.15) is 0 Å². The normalized spacial score (nSPS) is 22.9. The van der Waals surface area contributed by atoms with Crippen molar-refractivity contribution in [2.24, 2.45) is 5.73 Å². The number of hydrogen-bond acceptors (Lipinski definition) is 3. The van der Waals surface area contributed by atoms with E-state index in [1.54, 1.807) is 6.92 Å². The van der Waals surface area contributed by atoms with E-state index in [4.69, 9.17) is 10.5 Å². The van der Waals surface area contributed by atoms with E-state index in [0.29, 0.717) is 6.61 Å². The summed E-state index contributed by atoms with van der Waals surface area (Å²) in [5.41, 5.74) is 8.26. The monoisotopic (exact) mass is 235 g/mol. The summed E-state index contributed by atoms with van der Waals surface area (Å²) in [6.07, 6.45) is 2.85. The highest BCUT2D eigenvalue weighted by Gasteiger charge is 2.21. The van der Waals surface area contributed by atoms with Gasteiger partial charge in [-0.3, -0.25) is 0 Å². The molecule has 0 saturated heterocycles. The first-order valence-electron chi connectivity index (χ1n) is 6.31. The Morgan fingerprint density at radius 1 is 1.47 bits per heavy atom. The van der Waals surface area contributed by atoms with Crippen molar-refractivity contribution in [1.29, 1.82) is 0 Å². The second-order valence-corrected chi connectivity index (χ2v) is 4.84. The third-order valence-electron chi connectivity index (χ3n) is 3.39. The Morgan fingerprint density at radius 2 is 2.24 bits per heavy atom. The van der Waals surface area contributed by atoms with E-state index in [1.165, 1.54) is 11.1 Å². The fourth-order valence-corrected chi connectivity index (χ4v) is 2.25. The van der Waals surface area contributed by atoms with Crippen LogP contribution >= 0.6 is 0 Å². The molecule has 0 saturated carbocycles. The third-order valence-corrected chi connectivity index (χ3v) is 3.39. The SMILES string of the molecule is CC(N)C(O)COC1CCCc2ccccc21. The lowest BCUT2D eigenvalue weighted by atomic mass is 9.89. The zero-order valence-corrected chi connectivity index (χ0v) is 10.3. The van der Waals surface area contributed by atoms with Gasteiger partial charge in [0.15, 0.2) is 0 Å². The maximum absolute atomic E-state index is 9.66. The number of nitrogens with two attached hydrogens (primary N) is 1. The highest BCUT2D eigenvalue weighted by atomic mass is 16.5. The van der Waals surface area contributed by atoms with Gasteiger partial charge in [0.05, 0.1) is 18.8 Å². The predicted octanol–water partition coefficient (Wildman–Crippen LogP) is 1.79. The Labute approximate surface area is 103 Å². The van der Waals surface area contributed by atoms with Crippen LogP contribution in [-0.4, -0.2) is 23.9 Å². The Morgan fingerprint density at radius 3 is 3.00 bits per heavy atom. The fourth-order valence-electron chi connectivity index (χ4n) is 2.25. The largest absolute Gasteiger partial charge is 0.389 e. The lowest BCUT2D eigenvalue weighted by Gasteiger charge is -2.27. The Bertz CT molecular complexity index is 365. The van der Waals surface area contributed by atoms with E-state index < -0.39 is 6.10 Å². The molecule has 0 aliphatic heterocycles. The van der Waals surface area contributed by atoms with Crippen LogP contribution in [0.1, 0.15) is 37.0 Å². The minimum Gasteiger partial charge on any atom is -0.389 e. The third kappa shape index (κ3) is 3.06. The zero-order chi connectivity index (χ0) is 12.3. The minimum absolute atomic E-state index is 0.119. The van der Waals surface area contributed by atoms with Gasteiger partial charge in [-0.1, -0.05) is 24.3 Å². The molecular formula is C14H21NO2. The molecule has 3 unspecified atom stereocenters. The summed E-state index contributed by atoms with van der Waals surface area (Å²) in [5, 5.41) is 9.66. The standard InChI is InChI=1S/C14H21NO2/c1-10(15)13(16)9-17-14-8-4-6-11-5-2-3-7-12(11)14/h2-3,5,7,10,13-14,16H,4,6,8-9,15H2,1H3. The number of fused-ring (bicyclic) bond motifs is 1. The maximum atomic E-state index is 9.66. The van der Waals surface area contributed by atoms with Gasteiger partial charge in [-0.25, -0.2) is 0 Å². The molecule has 3 nitrogen and oxygen atoms in total. The number of hydrogen-bond donors (Lipinski definition) is 2. The number of benzene rings is 1. The van der Waals surface area contributed by atoms with Gasteiger partial charge in [-0.05, 0) is 37.3 Å². The lowest BCUT2D eigenvalue weighted by Crippen LogP contribution is -2.35. The van der Waals surface area contributed by atoms with Crippen molar-refractivity contribution >= 4 is 0 Å². The van der Waals surface area contributed by atoms with Crippen molar-refractivity contribution in [3.63, 3.8) is 0 Å². The average molecular weight is 235 g/mol.